The van der Waals surface area contributed by atoms with Gasteiger partial charge in [0.05, 0.1) is 29.6 Å². The molecule has 49 heavy (non-hydrogen) atoms. The molecule has 3 aliphatic carbocycles. The summed E-state index contributed by atoms with van der Waals surface area (Å²) in [6.07, 6.45) is -5.14. The van der Waals surface area contributed by atoms with Crippen molar-refractivity contribution in [3.63, 3.8) is 0 Å². The lowest BCUT2D eigenvalue weighted by molar-refractivity contribution is -0.343. The molecule has 12 heteroatoms. The Morgan fingerprint density at radius 3 is 2.08 bits per heavy atom. The van der Waals surface area contributed by atoms with Crippen LogP contribution in [0.2, 0.25) is 18.1 Å². The van der Waals surface area contributed by atoms with Crippen molar-refractivity contribution in [2.75, 3.05) is 6.61 Å². The van der Waals surface area contributed by atoms with Crippen LogP contribution in [0.15, 0.2) is 41.5 Å². The van der Waals surface area contributed by atoms with Crippen molar-refractivity contribution in [3.8, 4) is 0 Å². The first-order chi connectivity index (χ1) is 22.9. The van der Waals surface area contributed by atoms with E-state index in [0.717, 1.165) is 18.1 Å². The highest BCUT2D eigenvalue weighted by atomic mass is 28.4. The second-order valence-corrected chi connectivity index (χ2v) is 19.7. The Bertz CT molecular complexity index is 1560. The molecule has 2 bridgehead atoms. The molecule has 1 N–H and O–H groups in total. The molecule has 1 aliphatic heterocycles. The van der Waals surface area contributed by atoms with Gasteiger partial charge >= 0.3 is 17.9 Å². The molecular weight excluding hydrogens is 648 g/mol. The lowest BCUT2D eigenvalue weighted by Gasteiger charge is -2.68. The van der Waals surface area contributed by atoms with Gasteiger partial charge in [-0.2, -0.15) is 0 Å². The van der Waals surface area contributed by atoms with Crippen molar-refractivity contribution in [1.82, 2.24) is 0 Å². The summed E-state index contributed by atoms with van der Waals surface area (Å²) in [6, 6.07) is 10.5. The Kier molecular flexibility index (Phi) is 9.72. The van der Waals surface area contributed by atoms with E-state index in [2.05, 4.69) is 20.8 Å². The normalized spacial score (nSPS) is 35.2. The summed E-state index contributed by atoms with van der Waals surface area (Å²) in [4.78, 5) is 69.3. The number of esters is 3. The number of benzene rings is 1. The lowest BCUT2D eigenvalue weighted by atomic mass is 9.44. The van der Waals surface area contributed by atoms with Crippen LogP contribution in [0.5, 0.6) is 0 Å². The van der Waals surface area contributed by atoms with Crippen molar-refractivity contribution >= 4 is 37.8 Å². The maximum atomic E-state index is 15.6. The zero-order valence-electron chi connectivity index (χ0n) is 30.0. The third kappa shape index (κ3) is 5.53. The van der Waals surface area contributed by atoms with E-state index in [1.54, 1.807) is 58.0 Å². The first-order valence-electron chi connectivity index (χ1n) is 17.3. The Hall–Kier alpha value is -3.19. The SMILES string of the molecule is CC[Si](CC)(CC)O[C@H]1C[C@H]2OC[C@@]2(OC(C)=O)C2[C@H](OC(=O)c3ccccc3)[C@]3(O)CC(=O)C(C)=C([C@@H](OC(C)=O)C(=O)[C@@]21C)C3(C)C. The number of ether oxygens (including phenoxy) is 4. The summed E-state index contributed by atoms with van der Waals surface area (Å²) in [7, 11) is -2.49. The van der Waals surface area contributed by atoms with Crippen molar-refractivity contribution in [1.29, 1.82) is 0 Å². The van der Waals surface area contributed by atoms with Crippen LogP contribution in [0.1, 0.15) is 85.5 Å². The van der Waals surface area contributed by atoms with Gasteiger partial charge in [0.2, 0.25) is 0 Å². The molecule has 0 radical (unpaired) electrons. The van der Waals surface area contributed by atoms with Crippen LogP contribution in [-0.4, -0.2) is 85.1 Å². The van der Waals surface area contributed by atoms with E-state index < -0.39 is 96.6 Å². The van der Waals surface area contributed by atoms with Gasteiger partial charge in [-0.1, -0.05) is 52.8 Å². The minimum absolute atomic E-state index is 0.143. The fourth-order valence-electron chi connectivity index (χ4n) is 9.17. The maximum Gasteiger partial charge on any atom is 0.338 e. The summed E-state index contributed by atoms with van der Waals surface area (Å²) in [5.41, 5.74) is -6.36. The number of fused-ring (bicyclic) bond motifs is 5. The summed E-state index contributed by atoms with van der Waals surface area (Å²) in [5, 5.41) is 13.2. The molecule has 0 amide bonds. The predicted molar refractivity (Wildman–Crippen MR) is 180 cm³/mol. The highest BCUT2D eigenvalue weighted by Gasteiger charge is 2.78. The number of carbonyl (C=O) groups is 5. The molecule has 1 aromatic carbocycles. The van der Waals surface area contributed by atoms with Gasteiger partial charge in [0.1, 0.15) is 17.8 Å². The molecule has 4 aliphatic rings. The van der Waals surface area contributed by atoms with Crippen molar-refractivity contribution in [2.24, 2.45) is 16.7 Å². The molecule has 1 heterocycles. The zero-order valence-corrected chi connectivity index (χ0v) is 31.0. The van der Waals surface area contributed by atoms with Crippen LogP contribution in [-0.2, 0) is 42.6 Å². The number of Topliss-reactive ketones (excluding diaryl/α,β-unsaturated/α-hetero) is 2. The van der Waals surface area contributed by atoms with E-state index in [0.29, 0.717) is 0 Å². The van der Waals surface area contributed by atoms with Gasteiger partial charge in [-0.25, -0.2) is 4.79 Å². The topological polar surface area (TPSA) is 152 Å². The van der Waals surface area contributed by atoms with E-state index >= 15 is 4.79 Å². The molecule has 0 spiro atoms. The molecule has 1 aromatic rings. The van der Waals surface area contributed by atoms with Gasteiger partial charge in [-0.05, 0) is 55.3 Å². The number of carbonyl (C=O) groups excluding carboxylic acids is 5. The molecular formula is C37H50O11Si. The van der Waals surface area contributed by atoms with Crippen LogP contribution in [0, 0.1) is 16.7 Å². The van der Waals surface area contributed by atoms with Gasteiger partial charge in [-0.15, -0.1) is 0 Å². The predicted octanol–water partition coefficient (Wildman–Crippen LogP) is 4.89. The third-order valence-electron chi connectivity index (χ3n) is 12.3. The van der Waals surface area contributed by atoms with Crippen LogP contribution >= 0.6 is 0 Å². The molecule has 8 atom stereocenters. The monoisotopic (exact) mass is 698 g/mol. The second kappa shape index (κ2) is 12.8. The lowest BCUT2D eigenvalue weighted by Crippen LogP contribution is -2.82. The molecule has 11 nitrogen and oxygen atoms in total. The molecule has 1 saturated heterocycles. The summed E-state index contributed by atoms with van der Waals surface area (Å²) < 4.78 is 31.7. The standard InChI is InChI=1S/C37H50O11Si/c1-10-49(11-2,12-3)48-26-18-27-36(20-44-27,47-23(6)39)30-32(46-33(42)24-16-14-13-15-17-24)37(43)19-25(40)21(4)28(34(37,7)8)29(45-22(5)38)31(41)35(26,30)9/h13-17,26-27,29-30,32,43H,10-12,18-20H2,1-9H3/t26-,27+,29+,30?,32-,35+,36-,37+/m0/s1. The van der Waals surface area contributed by atoms with Gasteiger partial charge in [0.25, 0.3) is 0 Å². The summed E-state index contributed by atoms with van der Waals surface area (Å²) >= 11 is 0. The fraction of sp³-hybridized carbons (Fsp3) is 0.649. The van der Waals surface area contributed by atoms with Crippen molar-refractivity contribution in [2.45, 2.75) is 129 Å². The van der Waals surface area contributed by atoms with Crippen LogP contribution in [0.4, 0.5) is 0 Å². The van der Waals surface area contributed by atoms with Crippen LogP contribution < -0.4 is 0 Å². The van der Waals surface area contributed by atoms with Gasteiger partial charge < -0.3 is 28.5 Å². The molecule has 268 valence electrons. The van der Waals surface area contributed by atoms with E-state index in [-0.39, 0.29) is 29.7 Å². The molecule has 5 rings (SSSR count). The molecule has 1 unspecified atom stereocenters. The molecule has 3 fully saturated rings. The largest absolute Gasteiger partial charge is 0.455 e. The Morgan fingerprint density at radius 1 is 0.959 bits per heavy atom. The van der Waals surface area contributed by atoms with Crippen molar-refractivity contribution in [3.05, 3.63) is 47.0 Å². The quantitative estimate of drug-likeness (QED) is 0.213. The van der Waals surface area contributed by atoms with Gasteiger partial charge in [0, 0.05) is 32.1 Å². The minimum atomic E-state index is -2.49. The van der Waals surface area contributed by atoms with Crippen LogP contribution in [0.25, 0.3) is 0 Å². The first kappa shape index (κ1) is 37.1. The third-order valence-corrected chi connectivity index (χ3v) is 17.0. The average molecular weight is 699 g/mol. The van der Waals surface area contributed by atoms with E-state index in [1.165, 1.54) is 13.8 Å². The minimum Gasteiger partial charge on any atom is -0.455 e. The number of hydrogen-bond acceptors (Lipinski definition) is 11. The van der Waals surface area contributed by atoms with Gasteiger partial charge in [-0.3, -0.25) is 19.2 Å². The van der Waals surface area contributed by atoms with Crippen molar-refractivity contribution < 1.29 is 52.5 Å². The van der Waals surface area contributed by atoms with E-state index in [4.69, 9.17) is 23.4 Å². The smallest absolute Gasteiger partial charge is 0.338 e. The van der Waals surface area contributed by atoms with E-state index in [1.807, 2.05) is 0 Å². The highest BCUT2D eigenvalue weighted by molar-refractivity contribution is 6.73. The summed E-state index contributed by atoms with van der Waals surface area (Å²) in [6.45, 7) is 15.0. The maximum absolute atomic E-state index is 15.6. The average Bonchev–Trinajstić information content (AvgIpc) is 3.04. The summed E-state index contributed by atoms with van der Waals surface area (Å²) in [5.74, 6) is -4.56. The number of rotatable bonds is 9. The number of hydrogen-bond donors (Lipinski definition) is 1. The number of aliphatic hydroxyl groups is 1. The molecule has 2 saturated carbocycles. The second-order valence-electron chi connectivity index (χ2n) is 14.9. The Morgan fingerprint density at radius 2 is 1.57 bits per heavy atom. The van der Waals surface area contributed by atoms with Gasteiger partial charge in [0.15, 0.2) is 31.6 Å². The fourth-order valence-corrected chi connectivity index (χ4v) is 12.1. The Labute approximate surface area is 289 Å². The zero-order chi connectivity index (χ0) is 36.3. The first-order valence-corrected chi connectivity index (χ1v) is 19.8. The van der Waals surface area contributed by atoms with E-state index in [9.17, 15) is 24.3 Å². The number of allylic oxidation sites excluding steroid dienone is 1. The highest BCUT2D eigenvalue weighted by Crippen LogP contribution is 2.64. The molecule has 0 aromatic heterocycles. The number of ketones is 2. The Balaban J connectivity index is 1.89. The van der Waals surface area contributed by atoms with Crippen LogP contribution in [0.3, 0.4) is 0 Å².